The topological polar surface area (TPSA) is 119 Å². The number of hydrogen-bond donors (Lipinski definition) is 3. The minimum atomic E-state index is -0.768. The van der Waals surface area contributed by atoms with Crippen LogP contribution < -0.4 is 16.0 Å². The summed E-state index contributed by atoms with van der Waals surface area (Å²) in [5, 5.41) is 8.49. The molecule has 9 heteroatoms. The third-order valence-electron chi connectivity index (χ3n) is 8.00. The van der Waals surface area contributed by atoms with Gasteiger partial charge >= 0.3 is 12.2 Å². The highest BCUT2D eigenvalue weighted by molar-refractivity contribution is 5.87. The molecule has 42 heavy (non-hydrogen) atoms. The van der Waals surface area contributed by atoms with Crippen LogP contribution in [-0.2, 0) is 20.8 Å². The highest BCUT2D eigenvalue weighted by atomic mass is 16.6. The second-order valence-corrected chi connectivity index (χ2v) is 11.7. The van der Waals surface area contributed by atoms with E-state index >= 15 is 0 Å². The number of rotatable bonds is 25. The molecule has 1 saturated heterocycles. The second kappa shape index (κ2) is 22.9. The Morgan fingerprint density at radius 1 is 0.786 bits per heavy atom. The molecule has 1 aliphatic heterocycles. The molecule has 0 spiro atoms. The van der Waals surface area contributed by atoms with Gasteiger partial charge in [-0.25, -0.2) is 9.59 Å². The molecular formula is C33H56N4O5. The maximum atomic E-state index is 12.8. The molecule has 0 atom stereocenters. The molecule has 0 unspecified atom stereocenters. The van der Waals surface area contributed by atoms with E-state index in [4.69, 9.17) is 9.47 Å². The first-order valence-corrected chi connectivity index (χ1v) is 16.5. The number of hydrogen-bond acceptors (Lipinski definition) is 7. The summed E-state index contributed by atoms with van der Waals surface area (Å²) in [6.45, 7) is 3.97. The quantitative estimate of drug-likeness (QED) is 0.107. The average Bonchev–Trinajstić information content (AvgIpc) is 2.97. The van der Waals surface area contributed by atoms with Crippen molar-refractivity contribution in [2.24, 2.45) is 5.41 Å². The van der Waals surface area contributed by atoms with Crippen molar-refractivity contribution in [3.63, 3.8) is 0 Å². The maximum Gasteiger partial charge on any atom is 0.407 e. The van der Waals surface area contributed by atoms with E-state index in [9.17, 15) is 14.4 Å². The summed E-state index contributed by atoms with van der Waals surface area (Å²) in [6.07, 6.45) is 21.7. The number of carbonyl (C=O) groups excluding carboxylic acids is 3. The first-order valence-electron chi connectivity index (χ1n) is 16.5. The fourth-order valence-corrected chi connectivity index (χ4v) is 5.14. The molecule has 0 radical (unpaired) electrons. The minimum Gasteiger partial charge on any atom is -0.449 e. The molecule has 0 bridgehead atoms. The smallest absolute Gasteiger partial charge is 0.407 e. The van der Waals surface area contributed by atoms with Gasteiger partial charge in [0.15, 0.2) is 0 Å². The van der Waals surface area contributed by atoms with Crippen molar-refractivity contribution in [3.8, 4) is 0 Å². The first-order chi connectivity index (χ1) is 20.6. The summed E-state index contributed by atoms with van der Waals surface area (Å²) in [5.41, 5.74) is -0.0498. The summed E-state index contributed by atoms with van der Waals surface area (Å²) in [5.74, 6) is -0.0793. The van der Waals surface area contributed by atoms with E-state index in [2.05, 4.69) is 27.9 Å². The zero-order valence-corrected chi connectivity index (χ0v) is 26.1. The summed E-state index contributed by atoms with van der Waals surface area (Å²) in [6, 6.07) is 5.45. The molecule has 238 valence electrons. The van der Waals surface area contributed by atoms with Crippen LogP contribution in [0.5, 0.6) is 0 Å². The highest BCUT2D eigenvalue weighted by Crippen LogP contribution is 2.26. The Kier molecular flexibility index (Phi) is 19.3. The van der Waals surface area contributed by atoms with Gasteiger partial charge in [0.2, 0.25) is 0 Å². The number of ether oxygens (including phenoxy) is 2. The molecule has 2 amide bonds. The van der Waals surface area contributed by atoms with E-state index in [1.807, 2.05) is 6.07 Å². The van der Waals surface area contributed by atoms with Crippen molar-refractivity contribution in [3.05, 3.63) is 30.1 Å². The lowest BCUT2D eigenvalue weighted by Gasteiger charge is -2.40. The Morgan fingerprint density at radius 2 is 1.36 bits per heavy atom. The van der Waals surface area contributed by atoms with Gasteiger partial charge < -0.3 is 25.4 Å². The van der Waals surface area contributed by atoms with Gasteiger partial charge in [0.1, 0.15) is 19.0 Å². The van der Waals surface area contributed by atoms with Crippen molar-refractivity contribution in [1.29, 1.82) is 0 Å². The van der Waals surface area contributed by atoms with Gasteiger partial charge in [0, 0.05) is 32.3 Å². The van der Waals surface area contributed by atoms with Crippen molar-refractivity contribution in [2.45, 2.75) is 123 Å². The number of unbranched alkanes of at least 4 members (excludes halogenated alkanes) is 15. The number of carbonyl (C=O) groups is 3. The largest absolute Gasteiger partial charge is 0.449 e. The zero-order chi connectivity index (χ0) is 30.1. The highest BCUT2D eigenvalue weighted by Gasteiger charge is 2.44. The second-order valence-electron chi connectivity index (χ2n) is 11.7. The first kappa shape index (κ1) is 35.5. The lowest BCUT2D eigenvalue weighted by molar-refractivity contribution is -0.135. The van der Waals surface area contributed by atoms with Crippen LogP contribution in [-0.4, -0.2) is 55.8 Å². The van der Waals surface area contributed by atoms with E-state index in [0.717, 1.165) is 18.5 Å². The summed E-state index contributed by atoms with van der Waals surface area (Å²) in [4.78, 5) is 41.0. The molecular weight excluding hydrogens is 532 g/mol. The van der Waals surface area contributed by atoms with Gasteiger partial charge in [-0.1, -0.05) is 109 Å². The molecule has 3 N–H and O–H groups in total. The van der Waals surface area contributed by atoms with Gasteiger partial charge in [0.05, 0.1) is 17.7 Å². The number of pyridine rings is 1. The van der Waals surface area contributed by atoms with Crippen LogP contribution in [0.2, 0.25) is 0 Å². The Labute approximate surface area is 253 Å². The fraction of sp³-hybridized carbons (Fsp3) is 0.758. The molecule has 1 aliphatic rings. The molecule has 2 heterocycles. The average molecular weight is 589 g/mol. The Hall–Kier alpha value is -2.68. The summed E-state index contributed by atoms with van der Waals surface area (Å²) in [7, 11) is 0. The Balaban J connectivity index is 1.39. The number of nitrogens with zero attached hydrogens (tertiary/aromatic N) is 1. The third-order valence-corrected chi connectivity index (χ3v) is 8.00. The number of aromatic nitrogens is 1. The van der Waals surface area contributed by atoms with Crippen molar-refractivity contribution >= 4 is 18.0 Å². The van der Waals surface area contributed by atoms with Crippen LogP contribution in [0.3, 0.4) is 0 Å². The number of nitrogens with one attached hydrogen (secondary N) is 3. The van der Waals surface area contributed by atoms with Crippen LogP contribution in [0.15, 0.2) is 24.4 Å². The molecule has 9 nitrogen and oxygen atoms in total. The van der Waals surface area contributed by atoms with Gasteiger partial charge in [-0.2, -0.15) is 0 Å². The molecule has 0 aromatic carbocycles. The van der Waals surface area contributed by atoms with E-state index in [1.54, 1.807) is 18.3 Å². The molecule has 0 saturated carbocycles. The SMILES string of the molecule is CCCCCCCCCCCCCCCCCCNC(=O)OCCC(=O)C1(COC(=O)NCc2ccccn2)CNC1. The van der Waals surface area contributed by atoms with Gasteiger partial charge in [-0.05, 0) is 18.6 Å². The lowest BCUT2D eigenvalue weighted by Crippen LogP contribution is -2.61. The third kappa shape index (κ3) is 16.1. The lowest BCUT2D eigenvalue weighted by atomic mass is 9.77. The molecule has 1 aromatic heterocycles. The van der Waals surface area contributed by atoms with E-state index in [-0.39, 0.29) is 32.0 Å². The van der Waals surface area contributed by atoms with E-state index in [0.29, 0.717) is 19.6 Å². The normalized spacial score (nSPS) is 13.6. The van der Waals surface area contributed by atoms with Gasteiger partial charge in [0.25, 0.3) is 0 Å². The van der Waals surface area contributed by atoms with Crippen LogP contribution in [0, 0.1) is 5.41 Å². The standard InChI is InChI=1S/C33H56N4O5/c1-2-3-4-5-6-7-8-9-10-11-12-13-14-15-16-18-23-36-31(39)41-24-21-30(38)33(26-34-27-33)28-42-32(40)37-25-29-20-17-19-22-35-29/h17,19-20,22,34H,2-16,18,21,23-28H2,1H3,(H,36,39)(H,37,40). The van der Waals surface area contributed by atoms with Gasteiger partial charge in [-0.15, -0.1) is 0 Å². The number of alkyl carbamates (subject to hydrolysis) is 2. The Bertz CT molecular complexity index is 863. The van der Waals surface area contributed by atoms with E-state index in [1.165, 1.54) is 89.9 Å². The predicted molar refractivity (Wildman–Crippen MR) is 166 cm³/mol. The van der Waals surface area contributed by atoms with Crippen molar-refractivity contribution in [2.75, 3.05) is 32.8 Å². The van der Waals surface area contributed by atoms with Crippen molar-refractivity contribution < 1.29 is 23.9 Å². The van der Waals surface area contributed by atoms with Crippen LogP contribution in [0.1, 0.15) is 122 Å². The minimum absolute atomic E-state index is 0.0112. The summed E-state index contributed by atoms with van der Waals surface area (Å²) < 4.78 is 10.5. The zero-order valence-electron chi connectivity index (χ0n) is 26.1. The predicted octanol–water partition coefficient (Wildman–Crippen LogP) is 6.84. The van der Waals surface area contributed by atoms with Crippen LogP contribution in [0.4, 0.5) is 9.59 Å². The van der Waals surface area contributed by atoms with Crippen LogP contribution >= 0.6 is 0 Å². The number of ketones is 1. The molecule has 1 fully saturated rings. The van der Waals surface area contributed by atoms with Crippen molar-refractivity contribution in [1.82, 2.24) is 20.9 Å². The van der Waals surface area contributed by atoms with Gasteiger partial charge in [-0.3, -0.25) is 9.78 Å². The summed E-state index contributed by atoms with van der Waals surface area (Å²) >= 11 is 0. The number of Topliss-reactive ketones (excluding diaryl/α,β-unsaturated/α-hetero) is 1. The number of amides is 2. The molecule has 2 rings (SSSR count). The maximum absolute atomic E-state index is 12.8. The van der Waals surface area contributed by atoms with Crippen LogP contribution in [0.25, 0.3) is 0 Å². The molecule has 1 aromatic rings. The monoisotopic (exact) mass is 588 g/mol. The Morgan fingerprint density at radius 3 is 1.88 bits per heavy atom. The fourth-order valence-electron chi connectivity index (χ4n) is 5.14. The van der Waals surface area contributed by atoms with E-state index < -0.39 is 17.6 Å². The molecule has 0 aliphatic carbocycles.